The summed E-state index contributed by atoms with van der Waals surface area (Å²) in [5, 5.41) is 3.35. The Balaban J connectivity index is 1.90. The van der Waals surface area contributed by atoms with E-state index >= 15 is 0 Å². The Kier molecular flexibility index (Phi) is 6.31. The van der Waals surface area contributed by atoms with Gasteiger partial charge in [-0.05, 0) is 36.8 Å². The maximum Gasteiger partial charge on any atom is 0.123 e. The van der Waals surface area contributed by atoms with Crippen molar-refractivity contribution in [3.63, 3.8) is 0 Å². The van der Waals surface area contributed by atoms with Crippen LogP contribution in [0.5, 0.6) is 0 Å². The van der Waals surface area contributed by atoms with Gasteiger partial charge in [-0.3, -0.25) is 0 Å². The first kappa shape index (κ1) is 15.6. The predicted molar refractivity (Wildman–Crippen MR) is 85.5 cm³/mol. The van der Waals surface area contributed by atoms with Crippen molar-refractivity contribution in [1.29, 1.82) is 0 Å². The predicted octanol–water partition coefficient (Wildman–Crippen LogP) is 3.04. The van der Waals surface area contributed by atoms with E-state index in [9.17, 15) is 0 Å². The van der Waals surface area contributed by atoms with Crippen LogP contribution in [0, 0.1) is 0 Å². The average molecular weight is 288 g/mol. The highest BCUT2D eigenvalue weighted by molar-refractivity contribution is 5.47. The first-order chi connectivity index (χ1) is 10.3. The first-order valence-electron chi connectivity index (χ1n) is 7.39. The van der Waals surface area contributed by atoms with Crippen molar-refractivity contribution in [2.75, 3.05) is 31.7 Å². The summed E-state index contributed by atoms with van der Waals surface area (Å²) in [7, 11) is 1.72. The fourth-order valence-electron chi connectivity index (χ4n) is 2.21. The molecule has 1 N–H and O–H groups in total. The van der Waals surface area contributed by atoms with Gasteiger partial charge in [0.2, 0.25) is 0 Å². The van der Waals surface area contributed by atoms with E-state index in [2.05, 4.69) is 41.4 Å². The van der Waals surface area contributed by atoms with E-state index in [-0.39, 0.29) is 0 Å². The molecule has 0 atom stereocenters. The molecule has 0 fully saturated rings. The van der Waals surface area contributed by atoms with Crippen molar-refractivity contribution >= 4 is 5.69 Å². The van der Waals surface area contributed by atoms with Crippen LogP contribution in [-0.2, 0) is 17.8 Å². The van der Waals surface area contributed by atoms with Gasteiger partial charge in [0.15, 0.2) is 0 Å². The molecule has 4 heteroatoms. The maximum atomic E-state index is 5.42. The molecule has 2 rings (SSSR count). The molecule has 0 radical (unpaired) electrons. The van der Waals surface area contributed by atoms with Gasteiger partial charge in [-0.15, -0.1) is 0 Å². The summed E-state index contributed by atoms with van der Waals surface area (Å²) in [5.74, 6) is 0.988. The number of benzene rings is 1. The Bertz CT molecular complexity index is 494. The lowest BCUT2D eigenvalue weighted by atomic mass is 10.2. The number of rotatable bonds is 9. The van der Waals surface area contributed by atoms with E-state index in [1.807, 2.05) is 12.1 Å². The van der Waals surface area contributed by atoms with Gasteiger partial charge in [0.05, 0.1) is 19.4 Å². The molecule has 21 heavy (non-hydrogen) atoms. The molecule has 0 saturated carbocycles. The minimum absolute atomic E-state index is 0.741. The largest absolute Gasteiger partial charge is 0.467 e. The summed E-state index contributed by atoms with van der Waals surface area (Å²) in [6, 6.07) is 12.6. The third-order valence-electron chi connectivity index (χ3n) is 3.42. The van der Waals surface area contributed by atoms with Crippen LogP contribution in [0.2, 0.25) is 0 Å². The maximum absolute atomic E-state index is 5.42. The van der Waals surface area contributed by atoms with Gasteiger partial charge in [0, 0.05) is 32.4 Å². The van der Waals surface area contributed by atoms with Crippen molar-refractivity contribution in [2.24, 2.45) is 0 Å². The van der Waals surface area contributed by atoms with Crippen LogP contribution in [0.4, 0.5) is 5.69 Å². The lowest BCUT2D eigenvalue weighted by Crippen LogP contribution is -2.22. The third-order valence-corrected chi connectivity index (χ3v) is 3.42. The van der Waals surface area contributed by atoms with E-state index in [1.54, 1.807) is 13.4 Å². The molecule has 0 aliphatic carbocycles. The number of furan rings is 1. The van der Waals surface area contributed by atoms with Crippen molar-refractivity contribution < 1.29 is 9.15 Å². The van der Waals surface area contributed by atoms with Crippen LogP contribution in [-0.4, -0.2) is 26.8 Å². The number of hydrogen-bond donors (Lipinski definition) is 1. The van der Waals surface area contributed by atoms with E-state index < -0.39 is 0 Å². The average Bonchev–Trinajstić information content (AvgIpc) is 3.03. The zero-order chi connectivity index (χ0) is 14.9. The Morgan fingerprint density at radius 2 is 2.00 bits per heavy atom. The normalized spacial score (nSPS) is 10.8. The van der Waals surface area contributed by atoms with Crippen LogP contribution < -0.4 is 10.2 Å². The van der Waals surface area contributed by atoms with Gasteiger partial charge in [-0.1, -0.05) is 12.1 Å². The first-order valence-corrected chi connectivity index (χ1v) is 7.39. The Hall–Kier alpha value is -1.78. The van der Waals surface area contributed by atoms with Crippen LogP contribution in [0.15, 0.2) is 47.1 Å². The van der Waals surface area contributed by atoms with Gasteiger partial charge in [-0.25, -0.2) is 0 Å². The molecule has 0 spiro atoms. The van der Waals surface area contributed by atoms with E-state index in [1.165, 1.54) is 11.3 Å². The zero-order valence-corrected chi connectivity index (χ0v) is 12.8. The second-order valence-corrected chi connectivity index (χ2v) is 4.93. The molecular weight excluding hydrogens is 264 g/mol. The van der Waals surface area contributed by atoms with Crippen LogP contribution in [0.25, 0.3) is 0 Å². The highest BCUT2D eigenvalue weighted by Gasteiger charge is 2.07. The molecule has 1 aromatic heterocycles. The van der Waals surface area contributed by atoms with Crippen LogP contribution >= 0.6 is 0 Å². The third kappa shape index (κ3) is 4.92. The van der Waals surface area contributed by atoms with Crippen molar-refractivity contribution in [3.8, 4) is 0 Å². The number of anilines is 1. The monoisotopic (exact) mass is 288 g/mol. The smallest absolute Gasteiger partial charge is 0.123 e. The number of hydrogen-bond acceptors (Lipinski definition) is 4. The molecule has 0 amide bonds. The molecule has 0 aliphatic heterocycles. The Labute approximate surface area is 126 Å². The fraction of sp³-hybridized carbons (Fsp3) is 0.412. The Morgan fingerprint density at radius 3 is 2.62 bits per heavy atom. The summed E-state index contributed by atoms with van der Waals surface area (Å²) >= 11 is 0. The molecule has 0 bridgehead atoms. The SMILES string of the molecule is CCN(Cc1ccco1)c1ccc(CNCCOC)cc1. The summed E-state index contributed by atoms with van der Waals surface area (Å²) in [6.45, 7) is 6.39. The lowest BCUT2D eigenvalue weighted by molar-refractivity contribution is 0.199. The number of nitrogens with zero attached hydrogens (tertiary/aromatic N) is 1. The fourth-order valence-corrected chi connectivity index (χ4v) is 2.21. The highest BCUT2D eigenvalue weighted by atomic mass is 16.5. The quantitative estimate of drug-likeness (QED) is 0.720. The second kappa shape index (κ2) is 8.49. The van der Waals surface area contributed by atoms with Crippen molar-refractivity contribution in [3.05, 3.63) is 54.0 Å². The van der Waals surface area contributed by atoms with Gasteiger partial charge in [0.1, 0.15) is 5.76 Å². The van der Waals surface area contributed by atoms with Gasteiger partial charge in [-0.2, -0.15) is 0 Å². The highest BCUT2D eigenvalue weighted by Crippen LogP contribution is 2.18. The summed E-state index contributed by atoms with van der Waals surface area (Å²) < 4.78 is 10.4. The van der Waals surface area contributed by atoms with E-state index in [4.69, 9.17) is 9.15 Å². The van der Waals surface area contributed by atoms with Crippen LogP contribution in [0.1, 0.15) is 18.2 Å². The number of methoxy groups -OCH3 is 1. The van der Waals surface area contributed by atoms with Crippen molar-refractivity contribution in [2.45, 2.75) is 20.0 Å². The molecule has 1 aromatic carbocycles. The molecule has 1 heterocycles. The molecule has 0 unspecified atom stereocenters. The minimum Gasteiger partial charge on any atom is -0.467 e. The van der Waals surface area contributed by atoms with E-state index in [0.29, 0.717) is 0 Å². The zero-order valence-electron chi connectivity index (χ0n) is 12.8. The molecule has 2 aromatic rings. The summed E-state index contributed by atoms with van der Waals surface area (Å²) in [5.41, 5.74) is 2.50. The number of ether oxygens (including phenoxy) is 1. The topological polar surface area (TPSA) is 37.6 Å². The van der Waals surface area contributed by atoms with Gasteiger partial charge in [0.25, 0.3) is 0 Å². The molecular formula is C17H24N2O2. The number of nitrogens with one attached hydrogen (secondary N) is 1. The summed E-state index contributed by atoms with van der Waals surface area (Å²) in [4.78, 5) is 2.29. The molecule has 0 saturated heterocycles. The second-order valence-electron chi connectivity index (χ2n) is 4.93. The van der Waals surface area contributed by atoms with Crippen LogP contribution in [0.3, 0.4) is 0 Å². The minimum atomic E-state index is 0.741. The van der Waals surface area contributed by atoms with Gasteiger partial charge >= 0.3 is 0 Å². The molecule has 0 aliphatic rings. The van der Waals surface area contributed by atoms with E-state index in [0.717, 1.165) is 38.5 Å². The van der Waals surface area contributed by atoms with Crippen molar-refractivity contribution in [1.82, 2.24) is 5.32 Å². The van der Waals surface area contributed by atoms with Gasteiger partial charge < -0.3 is 19.4 Å². The lowest BCUT2D eigenvalue weighted by Gasteiger charge is -2.22. The standard InChI is InChI=1S/C17H24N2O2/c1-3-19(14-17-5-4-11-21-17)16-8-6-15(7-9-16)13-18-10-12-20-2/h4-9,11,18H,3,10,12-14H2,1-2H3. The summed E-state index contributed by atoms with van der Waals surface area (Å²) in [6.07, 6.45) is 1.72. The Morgan fingerprint density at radius 1 is 1.19 bits per heavy atom. The molecule has 114 valence electrons. The molecule has 4 nitrogen and oxygen atoms in total.